The van der Waals surface area contributed by atoms with Crippen molar-refractivity contribution >= 4 is 28.2 Å². The molecule has 5 rings (SSSR count). The third-order valence-electron chi connectivity index (χ3n) is 6.46. The third-order valence-corrected chi connectivity index (χ3v) is 6.46. The zero-order valence-corrected chi connectivity index (χ0v) is 20.3. The van der Waals surface area contributed by atoms with Gasteiger partial charge in [-0.05, 0) is 37.8 Å². The summed E-state index contributed by atoms with van der Waals surface area (Å²) in [7, 11) is 1.64. The van der Waals surface area contributed by atoms with Crippen molar-refractivity contribution in [1.82, 2.24) is 29.9 Å². The number of anilines is 1. The fourth-order valence-corrected chi connectivity index (χ4v) is 4.65. The van der Waals surface area contributed by atoms with Gasteiger partial charge < -0.3 is 35.9 Å². The lowest BCUT2D eigenvalue weighted by molar-refractivity contribution is -0.142. The second kappa shape index (κ2) is 11.5. The first-order valence-corrected chi connectivity index (χ1v) is 11.9. The molecule has 1 fully saturated rings. The number of aliphatic hydroxyl groups is 3. The van der Waals surface area contributed by atoms with Gasteiger partial charge in [0.25, 0.3) is 0 Å². The summed E-state index contributed by atoms with van der Waals surface area (Å²) >= 11 is 0. The first-order valence-electron chi connectivity index (χ1n) is 11.9. The van der Waals surface area contributed by atoms with Gasteiger partial charge in [-0.3, -0.25) is 10.1 Å². The zero-order valence-electron chi connectivity index (χ0n) is 20.3. The Morgan fingerprint density at radius 3 is 2.68 bits per heavy atom. The summed E-state index contributed by atoms with van der Waals surface area (Å²) in [6.45, 7) is 0.120. The summed E-state index contributed by atoms with van der Waals surface area (Å²) in [5.41, 5.74) is 9.24. The Bertz CT molecular complexity index is 1360. The largest absolute Gasteiger partial charge is 0.495 e. The quantitative estimate of drug-likeness (QED) is 0.174. The van der Waals surface area contributed by atoms with Crippen LogP contribution in [0.3, 0.4) is 0 Å². The predicted molar refractivity (Wildman–Crippen MR) is 135 cm³/mol. The number of nitrogens with one attached hydrogen (secondary N) is 2. The molecule has 198 valence electrons. The van der Waals surface area contributed by atoms with Crippen molar-refractivity contribution in [1.29, 1.82) is 0 Å². The van der Waals surface area contributed by atoms with Crippen molar-refractivity contribution in [2.75, 3.05) is 26.0 Å². The van der Waals surface area contributed by atoms with Gasteiger partial charge in [0, 0.05) is 17.8 Å². The van der Waals surface area contributed by atoms with Crippen LogP contribution in [0.4, 0.5) is 5.82 Å². The number of fused-ring (bicyclic) bond motifs is 2. The summed E-state index contributed by atoms with van der Waals surface area (Å²) in [4.78, 5) is 23.8. The highest BCUT2D eigenvalue weighted by molar-refractivity contribution is 5.93. The summed E-state index contributed by atoms with van der Waals surface area (Å²) in [6.07, 6.45) is 2.68. The maximum Gasteiger partial charge on any atom is 0.306 e. The van der Waals surface area contributed by atoms with E-state index in [-0.39, 0.29) is 25.0 Å². The van der Waals surface area contributed by atoms with Gasteiger partial charge in [0.05, 0.1) is 30.8 Å². The van der Waals surface area contributed by atoms with Crippen molar-refractivity contribution < 1.29 is 30.0 Å². The average Bonchev–Trinajstić information content (AvgIpc) is 3.50. The SMILES string of the molecule is COc1cccc2cc(-c3nc(C4CCC(C(=O)O)CC4)n4ncnc(N)c34)[nH]c12.OCCNC(O)O. The number of aliphatic hydroxyl groups excluding tert-OH is 2. The molecule has 8 N–H and O–H groups in total. The van der Waals surface area contributed by atoms with Crippen LogP contribution in [-0.2, 0) is 4.79 Å². The number of H-pyrrole nitrogens is 1. The molecule has 13 nitrogen and oxygen atoms in total. The molecule has 0 amide bonds. The van der Waals surface area contributed by atoms with E-state index in [1.165, 1.54) is 6.33 Å². The summed E-state index contributed by atoms with van der Waals surface area (Å²) in [6, 6.07) is 7.85. The van der Waals surface area contributed by atoms with E-state index in [2.05, 4.69) is 20.4 Å². The number of nitrogen functional groups attached to an aromatic ring is 1. The number of methoxy groups -OCH3 is 1. The van der Waals surface area contributed by atoms with E-state index in [4.69, 9.17) is 30.8 Å². The van der Waals surface area contributed by atoms with Crippen LogP contribution in [-0.4, -0.2) is 77.6 Å². The van der Waals surface area contributed by atoms with E-state index in [1.54, 1.807) is 11.6 Å². The van der Waals surface area contributed by atoms with Crippen LogP contribution in [0.25, 0.3) is 27.8 Å². The predicted octanol–water partition coefficient (Wildman–Crippen LogP) is 1.06. The molecular formula is C24H31N7O6. The zero-order chi connectivity index (χ0) is 26.5. The molecule has 0 aliphatic heterocycles. The van der Waals surface area contributed by atoms with E-state index in [0.29, 0.717) is 29.9 Å². The van der Waals surface area contributed by atoms with Gasteiger partial charge in [0.2, 0.25) is 6.41 Å². The fourth-order valence-electron chi connectivity index (χ4n) is 4.65. The number of carbonyl (C=O) groups is 1. The number of carboxylic acid groups (broad SMARTS) is 1. The van der Waals surface area contributed by atoms with E-state index >= 15 is 0 Å². The number of imidazole rings is 1. The normalized spacial score (nSPS) is 17.6. The number of rotatable bonds is 7. The van der Waals surface area contributed by atoms with E-state index in [0.717, 1.165) is 41.0 Å². The lowest BCUT2D eigenvalue weighted by Gasteiger charge is -2.24. The number of aromatic amines is 1. The lowest BCUT2D eigenvalue weighted by atomic mass is 9.82. The number of hydrogen-bond donors (Lipinski definition) is 7. The molecule has 37 heavy (non-hydrogen) atoms. The molecular weight excluding hydrogens is 482 g/mol. The van der Waals surface area contributed by atoms with Crippen molar-refractivity contribution in [3.63, 3.8) is 0 Å². The third kappa shape index (κ3) is 5.64. The summed E-state index contributed by atoms with van der Waals surface area (Å²) in [5, 5.41) is 40.9. The fraction of sp³-hybridized carbons (Fsp3) is 0.417. The topological polar surface area (TPSA) is 204 Å². The number of aromatic nitrogens is 5. The molecule has 0 atom stereocenters. The molecule has 0 saturated heterocycles. The number of ether oxygens (including phenoxy) is 1. The van der Waals surface area contributed by atoms with Crippen molar-refractivity contribution in [3.8, 4) is 17.1 Å². The Morgan fingerprint density at radius 1 is 1.30 bits per heavy atom. The van der Waals surface area contributed by atoms with Crippen LogP contribution in [0, 0.1) is 5.92 Å². The van der Waals surface area contributed by atoms with Crippen molar-refractivity contribution in [2.24, 2.45) is 5.92 Å². The summed E-state index contributed by atoms with van der Waals surface area (Å²) < 4.78 is 7.22. The van der Waals surface area contributed by atoms with E-state index < -0.39 is 12.4 Å². The Balaban J connectivity index is 0.000000405. The molecule has 0 unspecified atom stereocenters. The smallest absolute Gasteiger partial charge is 0.306 e. The van der Waals surface area contributed by atoms with Gasteiger partial charge >= 0.3 is 5.97 Å². The van der Waals surface area contributed by atoms with Crippen LogP contribution < -0.4 is 15.8 Å². The van der Waals surface area contributed by atoms with Crippen molar-refractivity contribution in [2.45, 2.75) is 38.0 Å². The van der Waals surface area contributed by atoms with E-state index in [1.807, 2.05) is 24.3 Å². The van der Waals surface area contributed by atoms with E-state index in [9.17, 15) is 9.90 Å². The first-order chi connectivity index (χ1) is 17.8. The minimum atomic E-state index is -1.51. The second-order valence-electron chi connectivity index (χ2n) is 8.77. The second-order valence-corrected chi connectivity index (χ2v) is 8.77. The maximum absolute atomic E-state index is 11.3. The highest BCUT2D eigenvalue weighted by atomic mass is 16.5. The van der Waals surface area contributed by atoms with Gasteiger partial charge in [-0.2, -0.15) is 5.10 Å². The van der Waals surface area contributed by atoms with Crippen molar-refractivity contribution in [3.05, 3.63) is 36.4 Å². The number of aliphatic carboxylic acids is 1. The molecule has 1 saturated carbocycles. The van der Waals surface area contributed by atoms with Gasteiger partial charge in [-0.25, -0.2) is 14.5 Å². The number of nitrogens with two attached hydrogens (primary N) is 1. The molecule has 0 spiro atoms. The Labute approximate surface area is 211 Å². The Kier molecular flexibility index (Phi) is 8.18. The van der Waals surface area contributed by atoms with Crippen LogP contribution in [0.2, 0.25) is 0 Å². The van der Waals surface area contributed by atoms with Gasteiger partial charge in [0.1, 0.15) is 29.1 Å². The van der Waals surface area contributed by atoms with Gasteiger partial charge in [-0.1, -0.05) is 12.1 Å². The van der Waals surface area contributed by atoms with Gasteiger partial charge in [-0.15, -0.1) is 0 Å². The van der Waals surface area contributed by atoms with Gasteiger partial charge in [0.15, 0.2) is 5.82 Å². The highest BCUT2D eigenvalue weighted by Gasteiger charge is 2.31. The molecule has 3 heterocycles. The number of hydrogen-bond acceptors (Lipinski definition) is 10. The Morgan fingerprint density at radius 2 is 2.05 bits per heavy atom. The first kappa shape index (κ1) is 26.3. The molecule has 1 aliphatic rings. The number of nitrogens with zero attached hydrogens (tertiary/aromatic N) is 4. The minimum absolute atomic E-state index is 0.0857. The number of para-hydroxylation sites is 1. The maximum atomic E-state index is 11.3. The molecule has 0 radical (unpaired) electrons. The van der Waals surface area contributed by atoms with Crippen LogP contribution >= 0.6 is 0 Å². The molecule has 0 bridgehead atoms. The highest BCUT2D eigenvalue weighted by Crippen LogP contribution is 2.39. The lowest BCUT2D eigenvalue weighted by Crippen LogP contribution is -2.30. The average molecular weight is 514 g/mol. The Hall–Kier alpha value is -3.78. The van der Waals surface area contributed by atoms with Crippen LogP contribution in [0.1, 0.15) is 37.4 Å². The molecule has 4 aromatic rings. The van der Waals surface area contributed by atoms with Crippen LogP contribution in [0.5, 0.6) is 5.75 Å². The monoisotopic (exact) mass is 513 g/mol. The number of benzene rings is 1. The summed E-state index contributed by atoms with van der Waals surface area (Å²) in [5.74, 6) is 1.01. The molecule has 1 aromatic carbocycles. The van der Waals surface area contributed by atoms with Crippen LogP contribution in [0.15, 0.2) is 30.6 Å². The minimum Gasteiger partial charge on any atom is -0.495 e. The molecule has 13 heteroatoms. The number of carboxylic acids is 1. The molecule has 1 aliphatic carbocycles. The molecule has 3 aromatic heterocycles. The standard InChI is InChI=1S/C21H22N6O3.C3H9NO3/c1-30-15-4-2-3-13-9-14(25-16(13)15)17-18-19(22)23-10-24-27(18)20(26-17)11-5-7-12(8-6-11)21(28)29;5-2-1-4-3(6)7/h2-4,9-12,25H,5-8H2,1H3,(H,28,29)(H2,22,23,24);3-7H,1-2H2.